The van der Waals surface area contributed by atoms with E-state index in [0.717, 1.165) is 23.3 Å². The van der Waals surface area contributed by atoms with E-state index in [1.54, 1.807) is 7.11 Å². The Morgan fingerprint density at radius 3 is 2.58 bits per heavy atom. The first-order chi connectivity index (χ1) is 15.5. The van der Waals surface area contributed by atoms with Crippen molar-refractivity contribution in [1.29, 1.82) is 0 Å². The molecule has 0 saturated carbocycles. The molecule has 0 fully saturated rings. The number of carbonyl (C=O) groups is 1. The van der Waals surface area contributed by atoms with E-state index in [0.29, 0.717) is 37.0 Å². The predicted molar refractivity (Wildman–Crippen MR) is 133 cm³/mol. The summed E-state index contributed by atoms with van der Waals surface area (Å²) in [6.45, 7) is 13.1. The number of carbonyl (C=O) groups excluding carboxylic acids is 1. The van der Waals surface area contributed by atoms with E-state index < -0.39 is 5.41 Å². The average molecular weight is 453 g/mol. The molecule has 0 aliphatic carbocycles. The predicted octanol–water partition coefficient (Wildman–Crippen LogP) is 5.69. The molecule has 6 nitrogen and oxygen atoms in total. The fourth-order valence-corrected chi connectivity index (χ4v) is 3.65. The van der Waals surface area contributed by atoms with Crippen LogP contribution in [-0.4, -0.2) is 37.7 Å². The number of aliphatic imine (C=N–C) groups is 1. The Bertz CT molecular complexity index is 1040. The molecule has 0 bridgehead atoms. The summed E-state index contributed by atoms with van der Waals surface area (Å²) < 4.78 is 17.2. The van der Waals surface area contributed by atoms with Gasteiger partial charge in [0.05, 0.1) is 24.8 Å². The third kappa shape index (κ3) is 6.28. The summed E-state index contributed by atoms with van der Waals surface area (Å²) in [5.74, 6) is 2.06. The summed E-state index contributed by atoms with van der Waals surface area (Å²) >= 11 is 0. The molecule has 2 aromatic rings. The summed E-state index contributed by atoms with van der Waals surface area (Å²) in [5, 5.41) is 3.05. The van der Waals surface area contributed by atoms with Gasteiger partial charge in [-0.1, -0.05) is 26.0 Å². The first kappa shape index (κ1) is 24.6. The first-order valence-electron chi connectivity index (χ1n) is 11.4. The first-order valence-corrected chi connectivity index (χ1v) is 11.4. The van der Waals surface area contributed by atoms with Gasteiger partial charge in [-0.2, -0.15) is 0 Å². The molecule has 2 aromatic carbocycles. The van der Waals surface area contributed by atoms with Gasteiger partial charge in [-0.05, 0) is 75.9 Å². The van der Waals surface area contributed by atoms with Crippen LogP contribution >= 0.6 is 0 Å². The number of nitrogens with one attached hydrogen (secondary N) is 1. The van der Waals surface area contributed by atoms with Crippen molar-refractivity contribution in [3.63, 3.8) is 0 Å². The lowest BCUT2D eigenvalue weighted by Gasteiger charge is -2.24. The molecule has 0 spiro atoms. The monoisotopic (exact) mass is 452 g/mol. The van der Waals surface area contributed by atoms with Crippen LogP contribution in [-0.2, 0) is 9.53 Å². The van der Waals surface area contributed by atoms with Gasteiger partial charge in [0, 0.05) is 11.1 Å². The number of hydrogen-bond donors (Lipinski definition) is 1. The number of hydrogen-bond acceptors (Lipinski definition) is 5. The van der Waals surface area contributed by atoms with Crippen molar-refractivity contribution in [3.8, 4) is 11.5 Å². The van der Waals surface area contributed by atoms with Gasteiger partial charge >= 0.3 is 0 Å². The number of ether oxygens (including phenoxy) is 3. The van der Waals surface area contributed by atoms with Crippen LogP contribution < -0.4 is 14.8 Å². The topological polar surface area (TPSA) is 69.2 Å². The van der Waals surface area contributed by atoms with E-state index in [1.165, 1.54) is 5.56 Å². The highest BCUT2D eigenvalue weighted by Crippen LogP contribution is 2.30. The van der Waals surface area contributed by atoms with Crippen LogP contribution in [0.3, 0.4) is 0 Å². The second kappa shape index (κ2) is 9.86. The average Bonchev–Trinajstić information content (AvgIpc) is 3.13. The van der Waals surface area contributed by atoms with Crippen LogP contribution in [0.4, 0.5) is 5.69 Å². The zero-order chi connectivity index (χ0) is 24.2. The van der Waals surface area contributed by atoms with Gasteiger partial charge in [0.2, 0.25) is 11.8 Å². The molecule has 0 atom stereocenters. The lowest BCUT2D eigenvalue weighted by molar-refractivity contribution is -0.124. The Kier molecular flexibility index (Phi) is 7.35. The van der Waals surface area contributed by atoms with Crippen molar-refractivity contribution in [3.05, 3.63) is 53.1 Å². The molecular formula is C27H36N2O4. The minimum Gasteiger partial charge on any atom is -0.496 e. The van der Waals surface area contributed by atoms with Gasteiger partial charge in [0.1, 0.15) is 18.1 Å². The van der Waals surface area contributed by atoms with Crippen LogP contribution in [0, 0.1) is 19.3 Å². The van der Waals surface area contributed by atoms with Gasteiger partial charge in [-0.15, -0.1) is 0 Å². The van der Waals surface area contributed by atoms with Crippen molar-refractivity contribution in [2.75, 3.05) is 25.6 Å². The number of rotatable bonds is 9. The van der Waals surface area contributed by atoms with Crippen molar-refractivity contribution in [2.24, 2.45) is 10.4 Å². The molecule has 1 heterocycles. The number of benzene rings is 2. The van der Waals surface area contributed by atoms with Crippen LogP contribution in [0.25, 0.3) is 0 Å². The quantitative estimate of drug-likeness (QED) is 0.496. The van der Waals surface area contributed by atoms with E-state index in [-0.39, 0.29) is 11.4 Å². The molecule has 1 aliphatic heterocycles. The lowest BCUT2D eigenvalue weighted by Crippen LogP contribution is -2.31. The molecule has 0 saturated heterocycles. The Labute approximate surface area is 197 Å². The van der Waals surface area contributed by atoms with Crippen molar-refractivity contribution in [2.45, 2.75) is 59.9 Å². The summed E-state index contributed by atoms with van der Waals surface area (Å²) in [6.07, 6.45) is 1.48. The molecule has 1 aliphatic rings. The van der Waals surface area contributed by atoms with Crippen molar-refractivity contribution >= 4 is 17.5 Å². The van der Waals surface area contributed by atoms with E-state index in [2.05, 4.69) is 29.4 Å². The van der Waals surface area contributed by atoms with E-state index in [1.807, 2.05) is 58.9 Å². The largest absolute Gasteiger partial charge is 0.496 e. The minimum atomic E-state index is -0.547. The molecule has 6 heteroatoms. The van der Waals surface area contributed by atoms with Gasteiger partial charge in [0.25, 0.3) is 0 Å². The maximum atomic E-state index is 13.0. The van der Waals surface area contributed by atoms with Crippen LogP contribution in [0.15, 0.2) is 41.4 Å². The molecule has 1 amide bonds. The highest BCUT2D eigenvalue weighted by Gasteiger charge is 2.30. The number of amides is 1. The number of aryl methyl sites for hydroxylation is 2. The minimum absolute atomic E-state index is 0.0417. The van der Waals surface area contributed by atoms with Crippen LogP contribution in [0.1, 0.15) is 57.2 Å². The summed E-state index contributed by atoms with van der Waals surface area (Å²) in [5.41, 5.74) is 2.89. The molecule has 1 N–H and O–H groups in total. The van der Waals surface area contributed by atoms with Crippen LogP contribution in [0.2, 0.25) is 0 Å². The van der Waals surface area contributed by atoms with Crippen molar-refractivity contribution < 1.29 is 19.0 Å². The standard InChI is InChI=1S/C27H36N2O4/c1-18-9-10-19(2)23(15-18)32-14-8-13-26(3,4)25(30)28-20-11-12-22(31-7)21(16-20)24-29-27(5,6)17-33-24/h9-12,15-16H,8,13-14,17H2,1-7H3,(H,28,30). The SMILES string of the molecule is COc1ccc(NC(=O)C(C)(C)CCCOc2cc(C)ccc2C)cc1C1=NC(C)(C)CO1. The number of methoxy groups -OCH3 is 1. The molecule has 33 heavy (non-hydrogen) atoms. The smallest absolute Gasteiger partial charge is 0.230 e. The van der Waals surface area contributed by atoms with Gasteiger partial charge in [-0.3, -0.25) is 4.79 Å². The molecule has 0 unspecified atom stereocenters. The zero-order valence-corrected chi connectivity index (χ0v) is 20.9. The summed E-state index contributed by atoms with van der Waals surface area (Å²) in [6, 6.07) is 11.7. The van der Waals surface area contributed by atoms with Crippen molar-refractivity contribution in [1.82, 2.24) is 0 Å². The molecule has 3 rings (SSSR count). The maximum absolute atomic E-state index is 13.0. The van der Waals surface area contributed by atoms with Crippen LogP contribution in [0.5, 0.6) is 11.5 Å². The second-order valence-corrected chi connectivity index (χ2v) is 9.99. The molecule has 0 radical (unpaired) electrons. The van der Waals surface area contributed by atoms with E-state index in [4.69, 9.17) is 14.2 Å². The van der Waals surface area contributed by atoms with Gasteiger partial charge < -0.3 is 19.5 Å². The zero-order valence-electron chi connectivity index (χ0n) is 20.9. The second-order valence-electron chi connectivity index (χ2n) is 9.99. The van der Waals surface area contributed by atoms with E-state index >= 15 is 0 Å². The Balaban J connectivity index is 1.61. The number of anilines is 1. The van der Waals surface area contributed by atoms with Gasteiger partial charge in [0.15, 0.2) is 0 Å². The highest BCUT2D eigenvalue weighted by molar-refractivity contribution is 6.01. The number of nitrogens with zero attached hydrogens (tertiary/aromatic N) is 1. The fourth-order valence-electron chi connectivity index (χ4n) is 3.65. The fraction of sp³-hybridized carbons (Fsp3) is 0.481. The molecule has 178 valence electrons. The highest BCUT2D eigenvalue weighted by atomic mass is 16.5. The van der Waals surface area contributed by atoms with E-state index in [9.17, 15) is 4.79 Å². The Morgan fingerprint density at radius 1 is 1.15 bits per heavy atom. The molecule has 0 aromatic heterocycles. The third-order valence-corrected chi connectivity index (χ3v) is 5.82. The normalized spacial score (nSPS) is 14.9. The third-order valence-electron chi connectivity index (χ3n) is 5.82. The summed E-state index contributed by atoms with van der Waals surface area (Å²) in [4.78, 5) is 17.7. The van der Waals surface area contributed by atoms with Gasteiger partial charge in [-0.25, -0.2) is 4.99 Å². The maximum Gasteiger partial charge on any atom is 0.230 e. The Hall–Kier alpha value is -3.02. The Morgan fingerprint density at radius 2 is 1.91 bits per heavy atom. The lowest BCUT2D eigenvalue weighted by atomic mass is 9.87. The molecular weight excluding hydrogens is 416 g/mol. The summed E-state index contributed by atoms with van der Waals surface area (Å²) in [7, 11) is 1.61.